The molecule has 3 atom stereocenters. The summed E-state index contributed by atoms with van der Waals surface area (Å²) in [5.41, 5.74) is 7.07. The number of carbonyl (C=O) groups excluding carboxylic acids is 1. The Morgan fingerprint density at radius 1 is 1.47 bits per heavy atom. The van der Waals surface area contributed by atoms with Gasteiger partial charge in [0, 0.05) is 24.4 Å². The maximum Gasteiger partial charge on any atom is 0.221 e. The summed E-state index contributed by atoms with van der Waals surface area (Å²) in [4.78, 5) is 11.6. The second kappa shape index (κ2) is 5.32. The molecule has 3 heteroatoms. The molecule has 1 fully saturated rings. The van der Waals surface area contributed by atoms with E-state index in [9.17, 15) is 4.79 Å². The minimum Gasteiger partial charge on any atom is -0.353 e. The number of nitrogens with two attached hydrogens (primary N) is 1. The van der Waals surface area contributed by atoms with E-state index in [0.29, 0.717) is 18.4 Å². The summed E-state index contributed by atoms with van der Waals surface area (Å²) < 4.78 is 0. The largest absolute Gasteiger partial charge is 0.353 e. The quantitative estimate of drug-likeness (QED) is 0.813. The minimum absolute atomic E-state index is 0.0103. The van der Waals surface area contributed by atoms with E-state index in [-0.39, 0.29) is 11.9 Å². The molecule has 0 radical (unpaired) electrons. The van der Waals surface area contributed by atoms with Crippen molar-refractivity contribution in [3.8, 4) is 0 Å². The number of rotatable bonds is 5. The van der Waals surface area contributed by atoms with E-state index in [1.807, 2.05) is 25.1 Å². The molecule has 1 saturated carbocycles. The van der Waals surface area contributed by atoms with E-state index in [1.165, 1.54) is 5.56 Å². The Morgan fingerprint density at radius 3 is 2.82 bits per heavy atom. The lowest BCUT2D eigenvalue weighted by Crippen LogP contribution is -2.33. The smallest absolute Gasteiger partial charge is 0.221 e. The molecule has 3 unspecified atom stereocenters. The van der Waals surface area contributed by atoms with E-state index in [0.717, 1.165) is 12.8 Å². The predicted octanol–water partition coefficient (Wildman–Crippen LogP) is 1.79. The summed E-state index contributed by atoms with van der Waals surface area (Å²) in [6, 6.07) is 10.6. The molecule has 2 rings (SSSR count). The molecule has 92 valence electrons. The van der Waals surface area contributed by atoms with Crippen molar-refractivity contribution in [1.82, 2.24) is 5.32 Å². The van der Waals surface area contributed by atoms with Crippen LogP contribution in [-0.4, -0.2) is 18.0 Å². The molecule has 0 aliphatic heterocycles. The van der Waals surface area contributed by atoms with Crippen molar-refractivity contribution in [2.24, 2.45) is 5.73 Å². The molecule has 1 aliphatic rings. The first kappa shape index (κ1) is 12.1. The van der Waals surface area contributed by atoms with E-state index >= 15 is 0 Å². The Kier molecular flexibility index (Phi) is 3.79. The Hall–Kier alpha value is -1.35. The lowest BCUT2D eigenvalue weighted by atomic mass is 10.1. The number of benzene rings is 1. The Balaban J connectivity index is 1.78. The molecule has 1 aliphatic carbocycles. The van der Waals surface area contributed by atoms with E-state index in [2.05, 4.69) is 17.4 Å². The van der Waals surface area contributed by atoms with E-state index < -0.39 is 0 Å². The van der Waals surface area contributed by atoms with E-state index in [4.69, 9.17) is 5.73 Å². The summed E-state index contributed by atoms with van der Waals surface area (Å²) >= 11 is 0. The molecule has 17 heavy (non-hydrogen) atoms. The molecular formula is C14H20N2O. The molecule has 0 heterocycles. The summed E-state index contributed by atoms with van der Waals surface area (Å²) in [5.74, 6) is 0.584. The molecule has 1 aromatic carbocycles. The average Bonchev–Trinajstić information content (AvgIpc) is 3.09. The fourth-order valence-electron chi connectivity index (χ4n) is 2.07. The summed E-state index contributed by atoms with van der Waals surface area (Å²) in [6.45, 7) is 2.00. The molecule has 3 nitrogen and oxygen atoms in total. The van der Waals surface area contributed by atoms with Crippen LogP contribution in [0.15, 0.2) is 30.3 Å². The van der Waals surface area contributed by atoms with Gasteiger partial charge in [0.15, 0.2) is 0 Å². The van der Waals surface area contributed by atoms with Gasteiger partial charge < -0.3 is 11.1 Å². The highest BCUT2D eigenvalue weighted by Crippen LogP contribution is 2.40. The lowest BCUT2D eigenvalue weighted by molar-refractivity contribution is -0.121. The van der Waals surface area contributed by atoms with Crippen LogP contribution in [-0.2, 0) is 4.79 Å². The maximum atomic E-state index is 11.6. The highest BCUT2D eigenvalue weighted by molar-refractivity contribution is 5.77. The van der Waals surface area contributed by atoms with Crippen molar-refractivity contribution in [2.75, 3.05) is 0 Å². The van der Waals surface area contributed by atoms with Gasteiger partial charge in [0.25, 0.3) is 0 Å². The average molecular weight is 232 g/mol. The van der Waals surface area contributed by atoms with Crippen molar-refractivity contribution >= 4 is 5.91 Å². The third-order valence-corrected chi connectivity index (χ3v) is 3.34. The van der Waals surface area contributed by atoms with Gasteiger partial charge in [0.2, 0.25) is 5.91 Å². The number of carbonyl (C=O) groups is 1. The Bertz CT molecular complexity index is 377. The van der Waals surface area contributed by atoms with Gasteiger partial charge in [0.1, 0.15) is 0 Å². The number of amides is 1. The molecule has 1 amide bonds. The zero-order chi connectivity index (χ0) is 12.3. The molecule has 3 N–H and O–H groups in total. The predicted molar refractivity (Wildman–Crippen MR) is 68.6 cm³/mol. The van der Waals surface area contributed by atoms with Crippen LogP contribution < -0.4 is 11.1 Å². The topological polar surface area (TPSA) is 55.1 Å². The molecule has 1 aromatic rings. The second-order valence-corrected chi connectivity index (χ2v) is 4.80. The van der Waals surface area contributed by atoms with Crippen molar-refractivity contribution in [3.05, 3.63) is 35.9 Å². The van der Waals surface area contributed by atoms with Gasteiger partial charge in [-0.15, -0.1) is 0 Å². The van der Waals surface area contributed by atoms with Gasteiger partial charge >= 0.3 is 0 Å². The fourth-order valence-corrected chi connectivity index (χ4v) is 2.07. The van der Waals surface area contributed by atoms with E-state index in [1.54, 1.807) is 0 Å². The zero-order valence-corrected chi connectivity index (χ0v) is 10.2. The van der Waals surface area contributed by atoms with Gasteiger partial charge in [-0.25, -0.2) is 0 Å². The van der Waals surface area contributed by atoms with Gasteiger partial charge in [-0.1, -0.05) is 37.3 Å². The molecular weight excluding hydrogens is 212 g/mol. The summed E-state index contributed by atoms with van der Waals surface area (Å²) in [6.07, 6.45) is 2.34. The van der Waals surface area contributed by atoms with Crippen molar-refractivity contribution in [1.29, 1.82) is 0 Å². The second-order valence-electron chi connectivity index (χ2n) is 4.80. The minimum atomic E-state index is -0.0103. The molecule has 0 saturated heterocycles. The van der Waals surface area contributed by atoms with Crippen molar-refractivity contribution in [2.45, 2.75) is 44.2 Å². The number of hydrogen-bond acceptors (Lipinski definition) is 2. The van der Waals surface area contributed by atoms with Crippen LogP contribution in [0, 0.1) is 0 Å². The van der Waals surface area contributed by atoms with Gasteiger partial charge in [-0.05, 0) is 18.4 Å². The number of hydrogen-bond donors (Lipinski definition) is 2. The van der Waals surface area contributed by atoms with Crippen LogP contribution in [0.4, 0.5) is 0 Å². The van der Waals surface area contributed by atoms with Crippen LogP contribution in [0.1, 0.15) is 37.7 Å². The maximum absolute atomic E-state index is 11.6. The van der Waals surface area contributed by atoms with Gasteiger partial charge in [-0.2, -0.15) is 0 Å². The van der Waals surface area contributed by atoms with Crippen LogP contribution >= 0.6 is 0 Å². The summed E-state index contributed by atoms with van der Waals surface area (Å²) in [7, 11) is 0. The Labute approximate surface area is 102 Å². The standard InChI is InChI=1S/C14H20N2O/c1-2-11(15)8-14(17)16-13-9-12(13)10-6-4-3-5-7-10/h3-7,11-13H,2,8-9,15H2,1H3,(H,16,17). The van der Waals surface area contributed by atoms with Crippen LogP contribution in [0.5, 0.6) is 0 Å². The van der Waals surface area contributed by atoms with Crippen LogP contribution in [0.25, 0.3) is 0 Å². The molecule has 0 spiro atoms. The first-order chi connectivity index (χ1) is 8.20. The van der Waals surface area contributed by atoms with Gasteiger partial charge in [-0.3, -0.25) is 4.79 Å². The number of nitrogens with one attached hydrogen (secondary N) is 1. The first-order valence-corrected chi connectivity index (χ1v) is 6.30. The first-order valence-electron chi connectivity index (χ1n) is 6.30. The molecule has 0 bridgehead atoms. The third-order valence-electron chi connectivity index (χ3n) is 3.34. The Morgan fingerprint density at radius 2 is 2.18 bits per heavy atom. The van der Waals surface area contributed by atoms with Crippen LogP contribution in [0.3, 0.4) is 0 Å². The SMILES string of the molecule is CCC(N)CC(=O)NC1CC1c1ccccc1. The third kappa shape index (κ3) is 3.30. The highest BCUT2D eigenvalue weighted by atomic mass is 16.1. The van der Waals surface area contributed by atoms with Crippen molar-refractivity contribution < 1.29 is 4.79 Å². The fraction of sp³-hybridized carbons (Fsp3) is 0.500. The highest BCUT2D eigenvalue weighted by Gasteiger charge is 2.39. The summed E-state index contributed by atoms with van der Waals surface area (Å²) in [5, 5.41) is 3.05. The normalized spacial score (nSPS) is 24.1. The monoisotopic (exact) mass is 232 g/mol. The van der Waals surface area contributed by atoms with Crippen molar-refractivity contribution in [3.63, 3.8) is 0 Å². The van der Waals surface area contributed by atoms with Gasteiger partial charge in [0.05, 0.1) is 0 Å². The molecule has 0 aromatic heterocycles. The zero-order valence-electron chi connectivity index (χ0n) is 10.2. The lowest BCUT2D eigenvalue weighted by Gasteiger charge is -2.09. The van der Waals surface area contributed by atoms with Crippen LogP contribution in [0.2, 0.25) is 0 Å².